The zero-order chi connectivity index (χ0) is 23.5. The van der Waals surface area contributed by atoms with Crippen LogP contribution in [0.1, 0.15) is 47.1 Å². The van der Waals surface area contributed by atoms with E-state index in [9.17, 15) is 0 Å². The van der Waals surface area contributed by atoms with E-state index in [2.05, 4.69) is 81.7 Å². The van der Waals surface area contributed by atoms with Gasteiger partial charge in [-0.2, -0.15) is 0 Å². The second kappa shape index (κ2) is 13.5. The van der Waals surface area contributed by atoms with Gasteiger partial charge in [-0.15, -0.1) is 0 Å². The van der Waals surface area contributed by atoms with E-state index in [1.165, 1.54) is 91.0 Å². The predicted octanol–water partition coefficient (Wildman–Crippen LogP) is 3.82. The van der Waals surface area contributed by atoms with Crippen molar-refractivity contribution < 1.29 is 32.0 Å². The molecule has 1 aromatic rings. The average Bonchev–Trinajstić information content (AvgIpc) is 2.75. The molecule has 0 amide bonds. The van der Waals surface area contributed by atoms with Gasteiger partial charge in [0, 0.05) is 18.1 Å². The molecule has 0 aromatic heterocycles. The smallest absolute Gasteiger partial charge is 0.137 e. The molecule has 0 spiro atoms. The van der Waals surface area contributed by atoms with E-state index >= 15 is 0 Å². The van der Waals surface area contributed by atoms with Crippen molar-refractivity contribution >= 4 is 27.3 Å². The Hall–Kier alpha value is 1.02. The van der Waals surface area contributed by atoms with E-state index in [0.717, 1.165) is 0 Å². The standard InChI is InChI=1S/C13H19N3P.C12H18.3ClH.Ru/c1-2-4-13(5-3-1)6-16-8-14-7-15(9-16)11-17(10-14)12-16;1-7-8(2)10(4)12(6)11(5)9(7)3;;;;/h1-5H,6-12H2;1-6H3;3*1H;/q+1;;;;;+2/p-3. The summed E-state index contributed by atoms with van der Waals surface area (Å²) in [6.07, 6.45) is 4.26. The molecule has 33 heavy (non-hydrogen) atoms. The van der Waals surface area contributed by atoms with E-state index in [4.69, 9.17) is 19.4 Å². The summed E-state index contributed by atoms with van der Waals surface area (Å²) >= 11 is -0.346. The minimum absolute atomic E-state index is 0. The summed E-state index contributed by atoms with van der Waals surface area (Å²) in [6.45, 7) is 18.3. The zero-order valence-corrected chi connectivity index (χ0v) is 25.5. The van der Waals surface area contributed by atoms with E-state index < -0.39 is 0 Å². The molecular formula is C25H37Cl3N3PRu. The first-order valence-electron chi connectivity index (χ1n) is 11.1. The van der Waals surface area contributed by atoms with Crippen molar-refractivity contribution in [3.63, 3.8) is 0 Å². The fourth-order valence-electron chi connectivity index (χ4n) is 5.47. The van der Waals surface area contributed by atoms with E-state index in [1.54, 1.807) is 0 Å². The quantitative estimate of drug-likeness (QED) is 0.283. The molecule has 3 nitrogen and oxygen atoms in total. The first-order valence-corrected chi connectivity index (χ1v) is 17.5. The molecule has 1 saturated carbocycles. The molecule has 4 aliphatic heterocycles. The van der Waals surface area contributed by atoms with Gasteiger partial charge in [-0.05, 0) is 43.4 Å². The van der Waals surface area contributed by atoms with Crippen molar-refractivity contribution in [3.05, 3.63) is 71.4 Å². The molecule has 186 valence electrons. The maximum atomic E-state index is 4.85. The summed E-state index contributed by atoms with van der Waals surface area (Å²) in [7, 11) is 9.98. The van der Waals surface area contributed by atoms with Gasteiger partial charge in [0.2, 0.25) is 0 Å². The Labute approximate surface area is 226 Å². The van der Waals surface area contributed by atoms with Gasteiger partial charge in [-0.25, -0.2) is 9.80 Å². The SMILES string of the molecule is C[C]1[C](C)[C](C)[C](C)[C](C)[C]1C.[Cl-].[Cl][Ru][Cl].c1ccc(C[N+]23CN4CN(CP(C4)C2)C3)cc1. The summed E-state index contributed by atoms with van der Waals surface area (Å²) in [6, 6.07) is 11.0. The molecule has 8 heteroatoms. The number of hydrogen-bond donors (Lipinski definition) is 0. The van der Waals surface area contributed by atoms with Gasteiger partial charge in [-0.3, -0.25) is 4.48 Å². The van der Waals surface area contributed by atoms with Crippen LogP contribution in [0, 0.1) is 35.5 Å². The topological polar surface area (TPSA) is 6.48 Å². The minimum Gasteiger partial charge on any atom is -0.291 e. The first-order chi connectivity index (χ1) is 15.2. The molecular weight excluding hydrogens is 581 g/mol. The summed E-state index contributed by atoms with van der Waals surface area (Å²) in [5.41, 5.74) is 1.51. The van der Waals surface area contributed by atoms with Crippen LogP contribution < -0.4 is 12.4 Å². The third-order valence-corrected chi connectivity index (χ3v) is 10.0. The van der Waals surface area contributed by atoms with Crippen LogP contribution in [-0.4, -0.2) is 53.1 Å². The van der Waals surface area contributed by atoms with Crippen molar-refractivity contribution in [2.45, 2.75) is 48.1 Å². The van der Waals surface area contributed by atoms with Gasteiger partial charge in [0.15, 0.2) is 0 Å². The van der Waals surface area contributed by atoms with Crippen LogP contribution in [0.25, 0.3) is 0 Å². The van der Waals surface area contributed by atoms with Gasteiger partial charge < -0.3 is 12.4 Å². The summed E-state index contributed by atoms with van der Waals surface area (Å²) in [5.74, 6) is 8.73. The Morgan fingerprint density at radius 2 is 1.18 bits per heavy atom. The summed E-state index contributed by atoms with van der Waals surface area (Å²) < 4.78 is 1.30. The molecule has 2 unspecified atom stereocenters. The Kier molecular flexibility index (Phi) is 12.4. The van der Waals surface area contributed by atoms with Crippen LogP contribution in [0.3, 0.4) is 0 Å². The van der Waals surface area contributed by atoms with Gasteiger partial charge >= 0.3 is 34.5 Å². The third-order valence-electron chi connectivity index (χ3n) is 7.44. The normalized spacial score (nSPS) is 33.2. The molecule has 4 saturated heterocycles. The van der Waals surface area contributed by atoms with Gasteiger partial charge in [-0.1, -0.05) is 71.9 Å². The summed E-state index contributed by atoms with van der Waals surface area (Å²) in [5, 5.41) is 0. The van der Waals surface area contributed by atoms with E-state index in [1.807, 2.05) is 0 Å². The van der Waals surface area contributed by atoms with E-state index in [0.29, 0.717) is 0 Å². The maximum Gasteiger partial charge on any atom is 0.137 e. The number of halogens is 3. The molecule has 6 rings (SSSR count). The fraction of sp³-hybridized carbons (Fsp3) is 0.520. The Bertz CT molecular complexity index is 620. The van der Waals surface area contributed by atoms with Gasteiger partial charge in [0.05, 0.1) is 6.67 Å². The van der Waals surface area contributed by atoms with E-state index in [-0.39, 0.29) is 35.5 Å². The van der Waals surface area contributed by atoms with Crippen LogP contribution in [0.2, 0.25) is 0 Å². The summed E-state index contributed by atoms with van der Waals surface area (Å²) in [4.78, 5) is 5.34. The molecule has 2 atom stereocenters. The molecule has 5 fully saturated rings. The molecule has 5 aliphatic rings. The van der Waals surface area contributed by atoms with Crippen molar-refractivity contribution in [1.82, 2.24) is 9.80 Å². The largest absolute Gasteiger partial charge is 0.291 e. The van der Waals surface area contributed by atoms with Crippen molar-refractivity contribution in [2.75, 3.05) is 38.9 Å². The molecule has 1 aromatic carbocycles. The van der Waals surface area contributed by atoms with Crippen LogP contribution in [0.15, 0.2) is 30.3 Å². The number of rotatable bonds is 2. The minimum atomic E-state index is -0.346. The van der Waals surface area contributed by atoms with Crippen LogP contribution in [-0.2, 0) is 21.7 Å². The first kappa shape index (κ1) is 30.2. The van der Waals surface area contributed by atoms with Crippen molar-refractivity contribution in [3.8, 4) is 0 Å². The number of hydrogen-bond acceptors (Lipinski definition) is 2. The molecule has 0 N–H and O–H groups in total. The number of benzene rings is 1. The Balaban J connectivity index is 0.000000214. The third kappa shape index (κ3) is 7.52. The predicted molar refractivity (Wildman–Crippen MR) is 135 cm³/mol. The fourth-order valence-corrected chi connectivity index (χ4v) is 8.35. The van der Waals surface area contributed by atoms with Crippen LogP contribution in [0.5, 0.6) is 0 Å². The second-order valence-electron chi connectivity index (χ2n) is 9.65. The molecule has 4 heterocycles. The number of quaternary nitrogens is 1. The molecule has 1 aliphatic carbocycles. The monoisotopic (exact) mass is 617 g/mol. The van der Waals surface area contributed by atoms with Gasteiger partial charge in [0.1, 0.15) is 26.2 Å². The Morgan fingerprint density at radius 1 is 0.788 bits per heavy atom. The zero-order valence-electron chi connectivity index (χ0n) is 20.6. The van der Waals surface area contributed by atoms with Crippen molar-refractivity contribution in [2.24, 2.45) is 0 Å². The average molecular weight is 618 g/mol. The van der Waals surface area contributed by atoms with Crippen LogP contribution >= 0.6 is 27.3 Å². The Morgan fingerprint density at radius 3 is 1.55 bits per heavy atom. The van der Waals surface area contributed by atoms with Gasteiger partial charge in [0.25, 0.3) is 0 Å². The number of nitrogens with zero attached hydrogens (tertiary/aromatic N) is 3. The molecule has 4 bridgehead atoms. The maximum absolute atomic E-state index is 4.85. The second-order valence-corrected chi connectivity index (χ2v) is 14.5. The van der Waals surface area contributed by atoms with Crippen LogP contribution in [0.4, 0.5) is 0 Å². The molecule has 6 radical (unpaired) electrons. The van der Waals surface area contributed by atoms with Crippen molar-refractivity contribution in [1.29, 1.82) is 0 Å².